The van der Waals surface area contributed by atoms with Gasteiger partial charge in [-0.1, -0.05) is 0 Å². The lowest BCUT2D eigenvalue weighted by molar-refractivity contribution is 0.0769. The minimum Gasteiger partial charge on any atom is -0.479 e. The largest absolute Gasteiger partial charge is 0.479 e. The third-order valence-electron chi connectivity index (χ3n) is 3.89. The first-order valence-corrected chi connectivity index (χ1v) is 9.44. The maximum atomic E-state index is 14.4. The molecule has 0 fully saturated rings. The normalized spacial score (nSPS) is 11.6. The lowest BCUT2D eigenvalue weighted by atomic mass is 10.2. The van der Waals surface area contributed by atoms with Gasteiger partial charge < -0.3 is 14.0 Å². The third kappa shape index (κ3) is 3.96. The van der Waals surface area contributed by atoms with Crippen molar-refractivity contribution < 1.29 is 31.1 Å². The number of fused-ring (bicyclic) bond motifs is 1. The van der Waals surface area contributed by atoms with Gasteiger partial charge in [0.15, 0.2) is 12.4 Å². The van der Waals surface area contributed by atoms with Crippen LogP contribution in [0.1, 0.15) is 5.56 Å². The Morgan fingerprint density at radius 1 is 1.31 bits per heavy atom. The average molecular weight is 426 g/mol. The smallest absolute Gasteiger partial charge is 0.272 e. The molecule has 0 unspecified atom stereocenters. The summed E-state index contributed by atoms with van der Waals surface area (Å²) in [5.74, 6) is -1.97. The molecule has 0 spiro atoms. The highest BCUT2D eigenvalue weighted by molar-refractivity contribution is 7.89. The summed E-state index contributed by atoms with van der Waals surface area (Å²) in [6.45, 7) is -1.06. The van der Waals surface area contributed by atoms with Gasteiger partial charge in [-0.25, -0.2) is 26.7 Å². The third-order valence-corrected chi connectivity index (χ3v) is 4.83. The number of aromatic nitrogens is 2. The summed E-state index contributed by atoms with van der Waals surface area (Å²) in [6, 6.07) is 6.99. The molecule has 152 valence electrons. The minimum atomic E-state index is -4.19. The fraction of sp³-hybridized carbons (Fsp3) is 0.176. The second-order valence-electron chi connectivity index (χ2n) is 5.76. The van der Waals surface area contributed by atoms with Crippen LogP contribution in [0.5, 0.6) is 11.8 Å². The highest BCUT2D eigenvalue weighted by Gasteiger charge is 2.23. The topological polar surface area (TPSA) is 120 Å². The van der Waals surface area contributed by atoms with Crippen LogP contribution >= 0.6 is 0 Å². The van der Waals surface area contributed by atoms with E-state index in [1.807, 2.05) is 6.07 Å². The molecule has 0 bridgehead atoms. The van der Waals surface area contributed by atoms with Crippen LogP contribution in [0.3, 0.4) is 0 Å². The number of hydrogen-bond acceptors (Lipinski definition) is 6. The number of nitrogens with two attached hydrogens (primary N) is 1. The fourth-order valence-electron chi connectivity index (χ4n) is 2.71. The van der Waals surface area contributed by atoms with Gasteiger partial charge in [0.1, 0.15) is 10.6 Å². The summed E-state index contributed by atoms with van der Waals surface area (Å²) < 4.78 is 74.0. The van der Waals surface area contributed by atoms with Crippen molar-refractivity contribution in [1.82, 2.24) is 9.55 Å². The van der Waals surface area contributed by atoms with E-state index >= 15 is 0 Å². The molecule has 8 nitrogen and oxygen atoms in total. The lowest BCUT2D eigenvalue weighted by Gasteiger charge is -2.13. The van der Waals surface area contributed by atoms with Crippen molar-refractivity contribution in [3.63, 3.8) is 0 Å². The second-order valence-corrected chi connectivity index (χ2v) is 7.29. The summed E-state index contributed by atoms with van der Waals surface area (Å²) in [5, 5.41) is 14.5. The van der Waals surface area contributed by atoms with Crippen LogP contribution in [0, 0.1) is 17.1 Å². The van der Waals surface area contributed by atoms with Gasteiger partial charge in [-0.05, 0) is 18.2 Å². The van der Waals surface area contributed by atoms with Crippen LogP contribution in [0.2, 0.25) is 0 Å². The van der Waals surface area contributed by atoms with E-state index in [2.05, 4.69) is 9.72 Å². The Balaban J connectivity index is 2.25. The average Bonchev–Trinajstić information content (AvgIpc) is 3.05. The molecule has 29 heavy (non-hydrogen) atoms. The summed E-state index contributed by atoms with van der Waals surface area (Å²) in [6.07, 6.45) is -1.71. The number of halogens is 3. The highest BCUT2D eigenvalue weighted by Crippen LogP contribution is 2.33. The summed E-state index contributed by atoms with van der Waals surface area (Å²) in [7, 11) is -2.98. The molecular weight excluding hydrogens is 413 g/mol. The van der Waals surface area contributed by atoms with Crippen LogP contribution in [0.25, 0.3) is 16.6 Å². The molecule has 1 aromatic carbocycles. The van der Waals surface area contributed by atoms with E-state index in [0.717, 1.165) is 12.3 Å². The monoisotopic (exact) mass is 426 g/mol. The van der Waals surface area contributed by atoms with Crippen molar-refractivity contribution in [2.45, 2.75) is 11.3 Å². The molecule has 0 aliphatic carbocycles. The Morgan fingerprint density at radius 3 is 2.62 bits per heavy atom. The summed E-state index contributed by atoms with van der Waals surface area (Å²) in [5.41, 5.74) is 0.431. The van der Waals surface area contributed by atoms with Gasteiger partial charge in [-0.3, -0.25) is 0 Å². The molecule has 12 heteroatoms. The number of pyridine rings is 1. The van der Waals surface area contributed by atoms with E-state index in [9.17, 15) is 21.6 Å². The van der Waals surface area contributed by atoms with Crippen molar-refractivity contribution in [2.24, 2.45) is 5.14 Å². The van der Waals surface area contributed by atoms with Crippen molar-refractivity contribution in [3.05, 3.63) is 41.8 Å². The number of rotatable bonds is 6. The molecule has 2 N–H and O–H groups in total. The molecule has 0 saturated carbocycles. The fourth-order valence-corrected chi connectivity index (χ4v) is 3.43. The van der Waals surface area contributed by atoms with Gasteiger partial charge in [0.25, 0.3) is 12.3 Å². The van der Waals surface area contributed by atoms with E-state index < -0.39 is 34.8 Å². The first-order chi connectivity index (χ1) is 13.7. The predicted molar refractivity (Wildman–Crippen MR) is 95.2 cm³/mol. The number of hydrogen-bond donors (Lipinski definition) is 1. The van der Waals surface area contributed by atoms with Crippen LogP contribution in [0.4, 0.5) is 13.2 Å². The Morgan fingerprint density at radius 2 is 2.03 bits per heavy atom. The molecule has 3 aromatic rings. The van der Waals surface area contributed by atoms with E-state index in [-0.39, 0.29) is 32.9 Å². The minimum absolute atomic E-state index is 0.0287. The lowest BCUT2D eigenvalue weighted by Crippen LogP contribution is -2.12. The Bertz CT molecular complexity index is 1240. The number of methoxy groups -OCH3 is 1. The maximum absolute atomic E-state index is 14.4. The van der Waals surface area contributed by atoms with Crippen LogP contribution in [0.15, 0.2) is 35.4 Å². The maximum Gasteiger partial charge on any atom is 0.272 e. The van der Waals surface area contributed by atoms with E-state index in [1.165, 1.54) is 29.9 Å². The predicted octanol–water partition coefficient (Wildman–Crippen LogP) is 2.34. The van der Waals surface area contributed by atoms with Crippen LogP contribution < -0.4 is 14.6 Å². The van der Waals surface area contributed by atoms with E-state index in [0.29, 0.717) is 0 Å². The number of primary sulfonamides is 1. The SMILES string of the molecule is COc1nc(OCC(F)F)c(F)cc1-n1cc(S(N)(=O)=O)c2cc(C#N)ccc21. The molecule has 3 rings (SSSR count). The number of ether oxygens (including phenoxy) is 2. The molecule has 2 aromatic heterocycles. The zero-order valence-electron chi connectivity index (χ0n) is 14.8. The van der Waals surface area contributed by atoms with Gasteiger partial charge in [0.2, 0.25) is 15.9 Å². The quantitative estimate of drug-likeness (QED) is 0.646. The number of nitriles is 1. The molecule has 0 aliphatic heterocycles. The van der Waals surface area contributed by atoms with Gasteiger partial charge in [-0.15, -0.1) is 0 Å². The van der Waals surface area contributed by atoms with Crippen LogP contribution in [-0.4, -0.2) is 38.1 Å². The summed E-state index contributed by atoms with van der Waals surface area (Å²) >= 11 is 0. The number of benzene rings is 1. The molecule has 0 atom stereocenters. The zero-order chi connectivity index (χ0) is 21.3. The number of alkyl halides is 2. The molecule has 0 amide bonds. The Labute approximate surface area is 162 Å². The Hall–Kier alpha value is -3.30. The van der Waals surface area contributed by atoms with Gasteiger partial charge >= 0.3 is 0 Å². The summed E-state index contributed by atoms with van der Waals surface area (Å²) in [4.78, 5) is 3.44. The first kappa shape index (κ1) is 20.4. The van der Waals surface area contributed by atoms with Crippen molar-refractivity contribution in [3.8, 4) is 23.5 Å². The number of sulfonamides is 1. The second kappa shape index (κ2) is 7.61. The molecule has 0 radical (unpaired) electrons. The van der Waals surface area contributed by atoms with Gasteiger partial charge in [0.05, 0.1) is 24.3 Å². The first-order valence-electron chi connectivity index (χ1n) is 7.89. The molecular formula is C17H13F3N4O4S. The van der Waals surface area contributed by atoms with Crippen molar-refractivity contribution in [2.75, 3.05) is 13.7 Å². The van der Waals surface area contributed by atoms with Crippen LogP contribution in [-0.2, 0) is 10.0 Å². The zero-order valence-corrected chi connectivity index (χ0v) is 15.6. The standard InChI is InChI=1S/C17H13F3N4O4S/c1-27-17-13(5-11(18)16(23-17)28-8-15(19)20)24-7-14(29(22,25)26)10-4-9(6-21)2-3-12(10)24/h2-5,7,15H,8H2,1H3,(H2,22,25,26). The van der Waals surface area contributed by atoms with Gasteiger partial charge in [0, 0.05) is 17.6 Å². The molecule has 0 aliphatic rings. The molecule has 2 heterocycles. The molecule has 0 saturated heterocycles. The number of nitrogens with zero attached hydrogens (tertiary/aromatic N) is 3. The highest BCUT2D eigenvalue weighted by atomic mass is 32.2. The van der Waals surface area contributed by atoms with E-state index in [4.69, 9.17) is 15.1 Å². The van der Waals surface area contributed by atoms with Gasteiger partial charge in [-0.2, -0.15) is 10.2 Å². The van der Waals surface area contributed by atoms with Crippen molar-refractivity contribution in [1.29, 1.82) is 5.26 Å². The van der Waals surface area contributed by atoms with E-state index in [1.54, 1.807) is 0 Å². The Kier molecular flexibility index (Phi) is 5.36. The van der Waals surface area contributed by atoms with Crippen molar-refractivity contribution >= 4 is 20.9 Å².